The van der Waals surface area contributed by atoms with E-state index in [1.807, 2.05) is 0 Å². The summed E-state index contributed by atoms with van der Waals surface area (Å²) in [4.78, 5) is -0.0576. The van der Waals surface area contributed by atoms with Crippen molar-refractivity contribution >= 4 is 10.1 Å². The van der Waals surface area contributed by atoms with Crippen molar-refractivity contribution < 1.29 is 13.0 Å². The molecule has 0 spiro atoms. The first-order chi connectivity index (χ1) is 8.33. The molecule has 1 aromatic carbocycles. The van der Waals surface area contributed by atoms with Gasteiger partial charge in [0.25, 0.3) is 10.1 Å². The van der Waals surface area contributed by atoms with Crippen LogP contribution < -0.4 is 0 Å². The molecule has 0 atom stereocenters. The van der Waals surface area contributed by atoms with Gasteiger partial charge in [0.05, 0.1) is 4.90 Å². The highest BCUT2D eigenvalue weighted by Crippen LogP contribution is 2.47. The third kappa shape index (κ3) is 4.05. The predicted molar refractivity (Wildman–Crippen MR) is 77.9 cm³/mol. The Kier molecular flexibility index (Phi) is 4.18. The molecule has 1 aromatic rings. The molecule has 0 unspecified atom stereocenters. The molecule has 0 aliphatic rings. The molecule has 108 valence electrons. The second-order valence-electron chi connectivity index (χ2n) is 7.21. The zero-order valence-electron chi connectivity index (χ0n) is 12.6. The van der Waals surface area contributed by atoms with Gasteiger partial charge in [-0.2, -0.15) is 8.42 Å². The summed E-state index contributed by atoms with van der Waals surface area (Å²) in [5.74, 6) is 0.287. The molecule has 0 saturated heterocycles. The van der Waals surface area contributed by atoms with Gasteiger partial charge in [0.1, 0.15) is 0 Å². The van der Waals surface area contributed by atoms with Crippen molar-refractivity contribution in [1.29, 1.82) is 0 Å². The third-order valence-corrected chi connectivity index (χ3v) is 4.11. The summed E-state index contributed by atoms with van der Waals surface area (Å²) in [6.45, 7) is 13.1. The molecule has 19 heavy (non-hydrogen) atoms. The Morgan fingerprint density at radius 2 is 1.26 bits per heavy atom. The minimum atomic E-state index is -4.12. The fraction of sp³-hybridized carbons (Fsp3) is 0.600. The highest BCUT2D eigenvalue weighted by molar-refractivity contribution is 7.85. The topological polar surface area (TPSA) is 54.4 Å². The van der Waals surface area contributed by atoms with E-state index in [2.05, 4.69) is 41.5 Å². The smallest absolute Gasteiger partial charge is 0.282 e. The van der Waals surface area contributed by atoms with Crippen LogP contribution in [0.25, 0.3) is 0 Å². The first-order valence-corrected chi connectivity index (χ1v) is 7.85. The lowest BCUT2D eigenvalue weighted by molar-refractivity contribution is 0.176. The summed E-state index contributed by atoms with van der Waals surface area (Å²) in [6, 6.07) is 6.53. The van der Waals surface area contributed by atoms with Gasteiger partial charge in [-0.25, -0.2) is 0 Å². The maximum atomic E-state index is 11.1. The number of benzene rings is 1. The Morgan fingerprint density at radius 1 is 0.895 bits per heavy atom. The molecule has 1 N–H and O–H groups in total. The van der Waals surface area contributed by atoms with Crippen LogP contribution in [0.5, 0.6) is 0 Å². The molecule has 0 aliphatic heterocycles. The molecule has 0 aromatic heterocycles. The monoisotopic (exact) mass is 284 g/mol. The zero-order valence-corrected chi connectivity index (χ0v) is 13.4. The van der Waals surface area contributed by atoms with Gasteiger partial charge in [-0.15, -0.1) is 0 Å². The van der Waals surface area contributed by atoms with Crippen LogP contribution in [0.3, 0.4) is 0 Å². The van der Waals surface area contributed by atoms with Crippen LogP contribution in [0.1, 0.15) is 53.0 Å². The molecule has 3 nitrogen and oxygen atoms in total. The van der Waals surface area contributed by atoms with Gasteiger partial charge in [0.2, 0.25) is 0 Å². The van der Waals surface area contributed by atoms with Gasteiger partial charge in [0, 0.05) is 0 Å². The molecule has 0 saturated carbocycles. The molecular formula is C15H24O3S. The maximum Gasteiger partial charge on any atom is 0.294 e. The molecule has 0 fully saturated rings. The van der Waals surface area contributed by atoms with Crippen molar-refractivity contribution in [2.75, 3.05) is 0 Å². The Balaban J connectivity index is 3.28. The Labute approximate surface area is 116 Å². The fourth-order valence-electron chi connectivity index (χ4n) is 3.13. The molecule has 0 radical (unpaired) electrons. The number of rotatable bonds is 2. The Hall–Kier alpha value is -0.870. The maximum absolute atomic E-state index is 11.1. The van der Waals surface area contributed by atoms with Gasteiger partial charge in [0.15, 0.2) is 0 Å². The van der Waals surface area contributed by atoms with E-state index in [1.165, 1.54) is 12.1 Å². The van der Waals surface area contributed by atoms with Crippen LogP contribution in [-0.4, -0.2) is 13.0 Å². The van der Waals surface area contributed by atoms with Crippen LogP contribution in [-0.2, 0) is 10.1 Å². The van der Waals surface area contributed by atoms with Crippen LogP contribution in [0, 0.1) is 10.8 Å². The first-order valence-electron chi connectivity index (χ1n) is 6.41. The highest BCUT2D eigenvalue weighted by Gasteiger charge is 2.36. The second kappa shape index (κ2) is 4.91. The van der Waals surface area contributed by atoms with E-state index in [1.54, 1.807) is 12.1 Å². The van der Waals surface area contributed by atoms with Gasteiger partial charge >= 0.3 is 0 Å². The molecule has 0 amide bonds. The highest BCUT2D eigenvalue weighted by atomic mass is 32.2. The van der Waals surface area contributed by atoms with E-state index in [0.29, 0.717) is 0 Å². The minimum Gasteiger partial charge on any atom is -0.282 e. The summed E-state index contributed by atoms with van der Waals surface area (Å²) in [7, 11) is -4.12. The molecule has 0 heterocycles. The van der Waals surface area contributed by atoms with E-state index >= 15 is 0 Å². The van der Waals surface area contributed by atoms with Crippen molar-refractivity contribution in [3.63, 3.8) is 0 Å². The van der Waals surface area contributed by atoms with E-state index in [-0.39, 0.29) is 21.6 Å². The van der Waals surface area contributed by atoms with Crippen molar-refractivity contribution in [3.05, 3.63) is 29.8 Å². The molecule has 0 bridgehead atoms. The van der Waals surface area contributed by atoms with E-state index < -0.39 is 10.1 Å². The number of hydrogen-bond acceptors (Lipinski definition) is 2. The molecule has 4 heteroatoms. The van der Waals surface area contributed by atoms with Crippen LogP contribution >= 0.6 is 0 Å². The quantitative estimate of drug-likeness (QED) is 0.831. The van der Waals surface area contributed by atoms with Crippen LogP contribution in [0.15, 0.2) is 29.2 Å². The summed E-state index contributed by atoms with van der Waals surface area (Å²) < 4.78 is 31.1. The van der Waals surface area contributed by atoms with Crippen molar-refractivity contribution in [1.82, 2.24) is 0 Å². The van der Waals surface area contributed by atoms with Crippen molar-refractivity contribution in [3.8, 4) is 0 Å². The standard InChI is InChI=1S/C15H24O3S/c1-14(2,3)13(15(4,5)6)11-7-9-12(10-8-11)19(16,17)18/h7-10,13H,1-6H3,(H,16,17,18). The summed E-state index contributed by atoms with van der Waals surface area (Å²) in [5, 5.41) is 0. The second-order valence-corrected chi connectivity index (χ2v) is 8.63. The van der Waals surface area contributed by atoms with Crippen molar-refractivity contribution in [2.24, 2.45) is 10.8 Å². The van der Waals surface area contributed by atoms with Crippen molar-refractivity contribution in [2.45, 2.75) is 52.4 Å². The lowest BCUT2D eigenvalue weighted by Gasteiger charge is -2.41. The molecule has 0 aliphatic carbocycles. The van der Waals surface area contributed by atoms with Crippen LogP contribution in [0.4, 0.5) is 0 Å². The van der Waals surface area contributed by atoms with E-state index in [4.69, 9.17) is 4.55 Å². The Morgan fingerprint density at radius 3 is 1.53 bits per heavy atom. The lowest BCUT2D eigenvalue weighted by atomic mass is 9.64. The minimum absolute atomic E-state index is 0.0576. The largest absolute Gasteiger partial charge is 0.294 e. The molecular weight excluding hydrogens is 260 g/mol. The average molecular weight is 284 g/mol. The fourth-order valence-corrected chi connectivity index (χ4v) is 3.61. The average Bonchev–Trinajstić information content (AvgIpc) is 2.12. The van der Waals surface area contributed by atoms with Crippen LogP contribution in [0.2, 0.25) is 0 Å². The summed E-state index contributed by atoms with van der Waals surface area (Å²) in [5.41, 5.74) is 1.22. The van der Waals surface area contributed by atoms with Gasteiger partial charge in [-0.05, 0) is 34.4 Å². The third-order valence-electron chi connectivity index (χ3n) is 3.24. The van der Waals surface area contributed by atoms with E-state index in [9.17, 15) is 8.42 Å². The van der Waals surface area contributed by atoms with Gasteiger partial charge < -0.3 is 0 Å². The SMILES string of the molecule is CC(C)(C)C(c1ccc(S(=O)(=O)O)cc1)C(C)(C)C. The normalized spacial score (nSPS) is 13.9. The first kappa shape index (κ1) is 16.2. The van der Waals surface area contributed by atoms with E-state index in [0.717, 1.165) is 5.56 Å². The van der Waals surface area contributed by atoms with Gasteiger partial charge in [-0.1, -0.05) is 53.7 Å². The lowest BCUT2D eigenvalue weighted by Crippen LogP contribution is -2.30. The molecule has 1 rings (SSSR count). The predicted octanol–water partition coefficient (Wildman–Crippen LogP) is 4.11. The van der Waals surface area contributed by atoms with Gasteiger partial charge in [-0.3, -0.25) is 4.55 Å². The Bertz CT molecular complexity index is 514. The summed E-state index contributed by atoms with van der Waals surface area (Å²) >= 11 is 0. The number of hydrogen-bond donors (Lipinski definition) is 1. The zero-order chi connectivity index (χ0) is 15.1. The summed E-state index contributed by atoms with van der Waals surface area (Å²) in [6.07, 6.45) is 0.